The number of carbonyl (C=O) groups excluding carboxylic acids is 1. The Bertz CT molecular complexity index is 854. The largest absolute Gasteiger partial charge is 0.492 e. The molecule has 1 saturated heterocycles. The van der Waals surface area contributed by atoms with Crippen LogP contribution < -0.4 is 4.74 Å². The van der Waals surface area contributed by atoms with Crippen LogP contribution >= 0.6 is 0 Å². The molecule has 6 nitrogen and oxygen atoms in total. The Morgan fingerprint density at radius 1 is 1.04 bits per heavy atom. The number of benzene rings is 1. The normalized spacial score (nSPS) is 22.7. The minimum absolute atomic E-state index is 0.0594. The summed E-state index contributed by atoms with van der Waals surface area (Å²) in [5, 5.41) is 8.99. The lowest BCUT2D eigenvalue weighted by atomic mass is 9.92. The van der Waals surface area contributed by atoms with E-state index in [1.807, 2.05) is 23.1 Å². The van der Waals surface area contributed by atoms with Crippen LogP contribution in [0.25, 0.3) is 0 Å². The second-order valence-corrected chi connectivity index (χ2v) is 8.36. The summed E-state index contributed by atoms with van der Waals surface area (Å²) in [6, 6.07) is 8.06. The summed E-state index contributed by atoms with van der Waals surface area (Å²) in [5.41, 5.74) is 1.15. The zero-order valence-corrected chi connectivity index (χ0v) is 16.3. The SMILES string of the molecule is O=C([C@H]1COc2ccccc2C1)N1CCC(c2nnc3n2CCCCC3)CC1. The first-order valence-corrected chi connectivity index (χ1v) is 10.7. The maximum atomic E-state index is 13.0. The van der Waals surface area contributed by atoms with E-state index in [9.17, 15) is 4.79 Å². The molecule has 2 aromatic rings. The summed E-state index contributed by atoms with van der Waals surface area (Å²) in [6.45, 7) is 3.16. The number of carbonyl (C=O) groups is 1. The molecule has 148 valence electrons. The van der Waals surface area contributed by atoms with Gasteiger partial charge in [0, 0.05) is 32.0 Å². The Balaban J connectivity index is 1.22. The van der Waals surface area contributed by atoms with Crippen LogP contribution in [0.3, 0.4) is 0 Å². The van der Waals surface area contributed by atoms with Crippen LogP contribution in [0.15, 0.2) is 24.3 Å². The number of aromatic nitrogens is 3. The number of likely N-dealkylation sites (tertiary alicyclic amines) is 1. The van der Waals surface area contributed by atoms with Gasteiger partial charge in [-0.25, -0.2) is 0 Å². The van der Waals surface area contributed by atoms with Gasteiger partial charge in [0.2, 0.25) is 5.91 Å². The molecule has 28 heavy (non-hydrogen) atoms. The quantitative estimate of drug-likeness (QED) is 0.804. The molecule has 6 heteroatoms. The van der Waals surface area contributed by atoms with Crippen molar-refractivity contribution < 1.29 is 9.53 Å². The van der Waals surface area contributed by atoms with Gasteiger partial charge in [0.1, 0.15) is 24.0 Å². The molecule has 0 radical (unpaired) electrons. The first-order valence-electron chi connectivity index (χ1n) is 10.7. The van der Waals surface area contributed by atoms with Crippen molar-refractivity contribution in [1.82, 2.24) is 19.7 Å². The van der Waals surface area contributed by atoms with Crippen molar-refractivity contribution in [3.63, 3.8) is 0 Å². The van der Waals surface area contributed by atoms with Gasteiger partial charge < -0.3 is 14.2 Å². The molecule has 5 rings (SSSR count). The average molecular weight is 380 g/mol. The lowest BCUT2D eigenvalue weighted by Crippen LogP contribution is -2.44. The van der Waals surface area contributed by atoms with Gasteiger partial charge in [-0.3, -0.25) is 4.79 Å². The number of para-hydroxylation sites is 1. The number of aryl methyl sites for hydroxylation is 1. The highest BCUT2D eigenvalue weighted by molar-refractivity contribution is 5.80. The third kappa shape index (κ3) is 3.29. The number of fused-ring (bicyclic) bond motifs is 2. The standard InChI is InChI=1S/C22H28N4O2/c27-22(18-14-17-6-3-4-7-19(17)28-15-18)25-12-9-16(10-13-25)21-24-23-20-8-2-1-5-11-26(20)21/h3-4,6-7,16,18H,1-2,5,8-15H2/t18-/m1/s1. The first kappa shape index (κ1) is 17.7. The van der Waals surface area contributed by atoms with Crippen LogP contribution in [-0.4, -0.2) is 45.3 Å². The van der Waals surface area contributed by atoms with Crippen LogP contribution in [0.4, 0.5) is 0 Å². The lowest BCUT2D eigenvalue weighted by Gasteiger charge is -2.35. The highest BCUT2D eigenvalue weighted by Crippen LogP contribution is 2.32. The van der Waals surface area contributed by atoms with E-state index in [1.54, 1.807) is 0 Å². The Morgan fingerprint density at radius 2 is 1.89 bits per heavy atom. The number of rotatable bonds is 2. The molecular formula is C22H28N4O2. The van der Waals surface area contributed by atoms with E-state index in [2.05, 4.69) is 20.8 Å². The highest BCUT2D eigenvalue weighted by Gasteiger charge is 2.33. The number of amides is 1. The van der Waals surface area contributed by atoms with Crippen molar-refractivity contribution in [2.75, 3.05) is 19.7 Å². The van der Waals surface area contributed by atoms with Crippen LogP contribution in [0.1, 0.15) is 55.2 Å². The molecule has 1 amide bonds. The van der Waals surface area contributed by atoms with Gasteiger partial charge in [-0.2, -0.15) is 0 Å². The summed E-state index contributed by atoms with van der Waals surface area (Å²) in [6.07, 6.45) is 7.51. The van der Waals surface area contributed by atoms with E-state index in [1.165, 1.54) is 19.3 Å². The number of hydrogen-bond donors (Lipinski definition) is 0. The molecule has 4 heterocycles. The minimum atomic E-state index is -0.0594. The van der Waals surface area contributed by atoms with E-state index in [0.29, 0.717) is 12.5 Å². The molecule has 3 aliphatic rings. The van der Waals surface area contributed by atoms with E-state index in [4.69, 9.17) is 4.74 Å². The molecule has 1 aromatic heterocycles. The van der Waals surface area contributed by atoms with Gasteiger partial charge in [0.25, 0.3) is 0 Å². The van der Waals surface area contributed by atoms with Crippen LogP contribution in [0, 0.1) is 5.92 Å². The fourth-order valence-electron chi connectivity index (χ4n) is 4.91. The molecule has 1 atom stereocenters. The first-order chi connectivity index (χ1) is 13.8. The van der Waals surface area contributed by atoms with Gasteiger partial charge in [0.05, 0.1) is 5.92 Å². The second-order valence-electron chi connectivity index (χ2n) is 8.36. The van der Waals surface area contributed by atoms with E-state index < -0.39 is 0 Å². The van der Waals surface area contributed by atoms with Crippen molar-refractivity contribution in [3.8, 4) is 5.75 Å². The molecule has 1 fully saturated rings. The minimum Gasteiger partial charge on any atom is -0.492 e. The van der Waals surface area contributed by atoms with Crippen LogP contribution in [0.2, 0.25) is 0 Å². The maximum Gasteiger partial charge on any atom is 0.229 e. The Kier molecular flexibility index (Phi) is 4.79. The molecule has 3 aliphatic heterocycles. The van der Waals surface area contributed by atoms with Crippen LogP contribution in [0.5, 0.6) is 5.75 Å². The Labute approximate surface area is 165 Å². The molecule has 0 saturated carbocycles. The van der Waals surface area contributed by atoms with Gasteiger partial charge in [-0.1, -0.05) is 24.6 Å². The summed E-state index contributed by atoms with van der Waals surface area (Å²) in [5.74, 6) is 3.84. The zero-order valence-electron chi connectivity index (χ0n) is 16.3. The van der Waals surface area contributed by atoms with Crippen molar-refractivity contribution in [3.05, 3.63) is 41.5 Å². The van der Waals surface area contributed by atoms with Gasteiger partial charge in [0.15, 0.2) is 0 Å². The van der Waals surface area contributed by atoms with E-state index >= 15 is 0 Å². The van der Waals surface area contributed by atoms with Crippen molar-refractivity contribution in [2.45, 2.75) is 57.4 Å². The molecule has 1 aromatic carbocycles. The number of hydrogen-bond acceptors (Lipinski definition) is 4. The summed E-state index contributed by atoms with van der Waals surface area (Å²) < 4.78 is 8.20. The van der Waals surface area contributed by atoms with Gasteiger partial charge in [-0.05, 0) is 43.7 Å². The Hall–Kier alpha value is -2.37. The molecule has 0 aliphatic carbocycles. The highest BCUT2D eigenvalue weighted by atomic mass is 16.5. The van der Waals surface area contributed by atoms with E-state index in [-0.39, 0.29) is 11.8 Å². The summed E-state index contributed by atoms with van der Waals surface area (Å²) in [7, 11) is 0. The molecule has 0 unspecified atom stereocenters. The number of nitrogens with zero attached hydrogens (tertiary/aromatic N) is 4. The molecule has 0 N–H and O–H groups in total. The van der Waals surface area contributed by atoms with E-state index in [0.717, 1.165) is 68.3 Å². The lowest BCUT2D eigenvalue weighted by molar-refractivity contribution is -0.138. The molecule has 0 spiro atoms. The summed E-state index contributed by atoms with van der Waals surface area (Å²) in [4.78, 5) is 15.1. The van der Waals surface area contributed by atoms with Crippen LogP contribution in [-0.2, 0) is 24.2 Å². The average Bonchev–Trinajstić information content (AvgIpc) is 3.01. The Morgan fingerprint density at radius 3 is 2.79 bits per heavy atom. The smallest absolute Gasteiger partial charge is 0.229 e. The van der Waals surface area contributed by atoms with Crippen molar-refractivity contribution in [2.24, 2.45) is 5.92 Å². The van der Waals surface area contributed by atoms with Crippen molar-refractivity contribution in [1.29, 1.82) is 0 Å². The zero-order chi connectivity index (χ0) is 18.9. The third-order valence-electron chi connectivity index (χ3n) is 6.54. The summed E-state index contributed by atoms with van der Waals surface area (Å²) >= 11 is 0. The fraction of sp³-hybridized carbons (Fsp3) is 0.591. The number of piperidine rings is 1. The predicted octanol–water partition coefficient (Wildman–Crippen LogP) is 2.96. The van der Waals surface area contributed by atoms with Gasteiger partial charge in [-0.15, -0.1) is 10.2 Å². The predicted molar refractivity (Wildman–Crippen MR) is 105 cm³/mol. The number of ether oxygens (including phenoxy) is 1. The molecule has 0 bridgehead atoms. The monoisotopic (exact) mass is 380 g/mol. The van der Waals surface area contributed by atoms with Crippen molar-refractivity contribution >= 4 is 5.91 Å². The fourth-order valence-corrected chi connectivity index (χ4v) is 4.91. The molecular weight excluding hydrogens is 352 g/mol. The van der Waals surface area contributed by atoms with Gasteiger partial charge >= 0.3 is 0 Å². The third-order valence-corrected chi connectivity index (χ3v) is 6.54. The topological polar surface area (TPSA) is 60.2 Å². The maximum absolute atomic E-state index is 13.0. The second kappa shape index (κ2) is 7.57.